The highest BCUT2D eigenvalue weighted by Crippen LogP contribution is 2.21. The molecule has 2 rings (SSSR count). The molecule has 118 valence electrons. The number of amides is 1. The lowest BCUT2D eigenvalue weighted by Crippen LogP contribution is -2.43. The van der Waals surface area contributed by atoms with Crippen molar-refractivity contribution in [2.24, 2.45) is 5.73 Å². The molecule has 4 nitrogen and oxygen atoms in total. The predicted octanol–water partition coefficient (Wildman–Crippen LogP) is 2.34. The molecule has 1 aromatic carbocycles. The standard InChI is InChI=1S/C16H25N3O.ClH/c1-3-13-6-4-5-12(2)16(13)18-15(20)11-19-9-7-14(17)8-10-19;/h4-6,14H,3,7-11,17H2,1-2H3,(H,18,20);1H. The third-order valence-corrected chi connectivity index (χ3v) is 4.00. The number of halogens is 1. The smallest absolute Gasteiger partial charge is 0.238 e. The van der Waals surface area contributed by atoms with Gasteiger partial charge in [-0.05, 0) is 37.3 Å². The van der Waals surface area contributed by atoms with Crippen molar-refractivity contribution >= 4 is 24.0 Å². The van der Waals surface area contributed by atoms with Gasteiger partial charge in [0.15, 0.2) is 0 Å². The molecule has 1 heterocycles. The zero-order valence-corrected chi connectivity index (χ0v) is 13.7. The van der Waals surface area contributed by atoms with Gasteiger partial charge in [0.2, 0.25) is 5.91 Å². The average molecular weight is 312 g/mol. The topological polar surface area (TPSA) is 58.4 Å². The molecule has 1 aromatic rings. The van der Waals surface area contributed by atoms with Crippen molar-refractivity contribution in [1.82, 2.24) is 4.90 Å². The molecule has 0 aliphatic carbocycles. The molecule has 0 spiro atoms. The van der Waals surface area contributed by atoms with Crippen LogP contribution in [-0.2, 0) is 11.2 Å². The van der Waals surface area contributed by atoms with Crippen LogP contribution in [0.25, 0.3) is 0 Å². The molecule has 5 heteroatoms. The fraction of sp³-hybridized carbons (Fsp3) is 0.562. The normalized spacial score (nSPS) is 16.3. The van der Waals surface area contributed by atoms with Crippen LogP contribution in [0.1, 0.15) is 30.9 Å². The number of aryl methyl sites for hydroxylation is 2. The summed E-state index contributed by atoms with van der Waals surface area (Å²) >= 11 is 0. The Kier molecular flexibility index (Phi) is 7.15. The molecule has 1 saturated heterocycles. The Balaban J connectivity index is 0.00000220. The minimum atomic E-state index is 0. The highest BCUT2D eigenvalue weighted by Gasteiger charge is 2.18. The lowest BCUT2D eigenvalue weighted by Gasteiger charge is -2.29. The van der Waals surface area contributed by atoms with E-state index in [2.05, 4.69) is 23.2 Å². The van der Waals surface area contributed by atoms with Crippen molar-refractivity contribution in [1.29, 1.82) is 0 Å². The third kappa shape index (κ3) is 4.99. The summed E-state index contributed by atoms with van der Waals surface area (Å²) in [5.41, 5.74) is 9.18. The van der Waals surface area contributed by atoms with E-state index in [-0.39, 0.29) is 18.3 Å². The Hall–Kier alpha value is -1.10. The van der Waals surface area contributed by atoms with Gasteiger partial charge in [0.1, 0.15) is 0 Å². The highest BCUT2D eigenvalue weighted by atomic mass is 35.5. The summed E-state index contributed by atoms with van der Waals surface area (Å²) in [5.74, 6) is 0.0736. The first-order valence-corrected chi connectivity index (χ1v) is 7.46. The molecule has 0 saturated carbocycles. The van der Waals surface area contributed by atoms with E-state index in [1.54, 1.807) is 0 Å². The van der Waals surface area contributed by atoms with E-state index < -0.39 is 0 Å². The Morgan fingerprint density at radius 3 is 2.67 bits per heavy atom. The molecule has 1 aliphatic heterocycles. The number of rotatable bonds is 4. The summed E-state index contributed by atoms with van der Waals surface area (Å²) in [6, 6.07) is 6.45. The van der Waals surface area contributed by atoms with Crippen LogP contribution in [0, 0.1) is 6.92 Å². The van der Waals surface area contributed by atoms with E-state index in [0.29, 0.717) is 12.6 Å². The van der Waals surface area contributed by atoms with Gasteiger partial charge >= 0.3 is 0 Å². The minimum Gasteiger partial charge on any atom is -0.328 e. The summed E-state index contributed by atoms with van der Waals surface area (Å²) in [7, 11) is 0. The zero-order chi connectivity index (χ0) is 14.5. The number of para-hydroxylation sites is 1. The molecule has 21 heavy (non-hydrogen) atoms. The molecular formula is C16H26ClN3O. The fourth-order valence-electron chi connectivity index (χ4n) is 2.70. The van der Waals surface area contributed by atoms with Crippen LogP contribution in [0.3, 0.4) is 0 Å². The summed E-state index contributed by atoms with van der Waals surface area (Å²) in [6.45, 7) is 6.45. The molecule has 1 amide bonds. The summed E-state index contributed by atoms with van der Waals surface area (Å²) in [6.07, 6.45) is 2.89. The quantitative estimate of drug-likeness (QED) is 0.897. The van der Waals surface area contributed by atoms with Crippen LogP contribution < -0.4 is 11.1 Å². The lowest BCUT2D eigenvalue weighted by atomic mass is 10.1. The number of anilines is 1. The maximum absolute atomic E-state index is 12.2. The van der Waals surface area contributed by atoms with Crippen LogP contribution >= 0.6 is 12.4 Å². The van der Waals surface area contributed by atoms with Gasteiger partial charge in [-0.2, -0.15) is 0 Å². The summed E-state index contributed by atoms with van der Waals surface area (Å²) in [5, 5.41) is 3.08. The molecule has 3 N–H and O–H groups in total. The number of benzene rings is 1. The molecule has 1 fully saturated rings. The largest absolute Gasteiger partial charge is 0.328 e. The van der Waals surface area contributed by atoms with Gasteiger partial charge in [-0.25, -0.2) is 0 Å². The van der Waals surface area contributed by atoms with E-state index in [1.807, 2.05) is 19.1 Å². The number of likely N-dealkylation sites (tertiary alicyclic amines) is 1. The van der Waals surface area contributed by atoms with E-state index in [4.69, 9.17) is 5.73 Å². The maximum atomic E-state index is 12.2. The van der Waals surface area contributed by atoms with Crippen molar-refractivity contribution in [3.63, 3.8) is 0 Å². The number of nitrogens with two attached hydrogens (primary N) is 1. The SMILES string of the molecule is CCc1cccc(C)c1NC(=O)CN1CCC(N)CC1.Cl. The third-order valence-electron chi connectivity index (χ3n) is 4.00. The van der Waals surface area contributed by atoms with Crippen LogP contribution in [0.4, 0.5) is 5.69 Å². The molecule has 0 aromatic heterocycles. The second-order valence-electron chi connectivity index (χ2n) is 5.62. The Morgan fingerprint density at radius 2 is 2.05 bits per heavy atom. The summed E-state index contributed by atoms with van der Waals surface area (Å²) in [4.78, 5) is 14.4. The first kappa shape index (κ1) is 18.0. The Bertz CT molecular complexity index is 471. The van der Waals surface area contributed by atoms with Gasteiger partial charge in [0, 0.05) is 24.8 Å². The van der Waals surface area contributed by atoms with Crippen molar-refractivity contribution in [3.05, 3.63) is 29.3 Å². The van der Waals surface area contributed by atoms with Gasteiger partial charge < -0.3 is 11.1 Å². The van der Waals surface area contributed by atoms with Gasteiger partial charge in [0.05, 0.1) is 6.54 Å². The maximum Gasteiger partial charge on any atom is 0.238 e. The van der Waals surface area contributed by atoms with Gasteiger partial charge in [-0.1, -0.05) is 25.1 Å². The average Bonchev–Trinajstić information content (AvgIpc) is 2.43. The minimum absolute atomic E-state index is 0. The van der Waals surface area contributed by atoms with Crippen molar-refractivity contribution < 1.29 is 4.79 Å². The molecule has 0 atom stereocenters. The van der Waals surface area contributed by atoms with Gasteiger partial charge in [-0.3, -0.25) is 9.69 Å². The molecular weight excluding hydrogens is 286 g/mol. The molecule has 1 aliphatic rings. The predicted molar refractivity (Wildman–Crippen MR) is 90.1 cm³/mol. The number of hydrogen-bond acceptors (Lipinski definition) is 3. The second-order valence-corrected chi connectivity index (χ2v) is 5.62. The van der Waals surface area contributed by atoms with Crippen molar-refractivity contribution in [2.45, 2.75) is 39.2 Å². The van der Waals surface area contributed by atoms with Gasteiger partial charge in [0.25, 0.3) is 0 Å². The van der Waals surface area contributed by atoms with Crippen LogP contribution in [-0.4, -0.2) is 36.5 Å². The lowest BCUT2D eigenvalue weighted by molar-refractivity contribution is -0.117. The first-order valence-electron chi connectivity index (χ1n) is 7.46. The van der Waals surface area contributed by atoms with Crippen LogP contribution in [0.5, 0.6) is 0 Å². The van der Waals surface area contributed by atoms with E-state index in [0.717, 1.165) is 43.6 Å². The molecule has 0 radical (unpaired) electrons. The monoisotopic (exact) mass is 311 g/mol. The van der Waals surface area contributed by atoms with E-state index >= 15 is 0 Å². The Labute approximate surface area is 133 Å². The number of carbonyl (C=O) groups is 1. The van der Waals surface area contributed by atoms with Crippen LogP contribution in [0.15, 0.2) is 18.2 Å². The van der Waals surface area contributed by atoms with Crippen molar-refractivity contribution in [3.8, 4) is 0 Å². The first-order chi connectivity index (χ1) is 9.60. The number of piperidine rings is 1. The van der Waals surface area contributed by atoms with E-state index in [1.165, 1.54) is 5.56 Å². The fourth-order valence-corrected chi connectivity index (χ4v) is 2.70. The molecule has 0 bridgehead atoms. The molecule has 0 unspecified atom stereocenters. The van der Waals surface area contributed by atoms with Crippen molar-refractivity contribution in [2.75, 3.05) is 25.0 Å². The van der Waals surface area contributed by atoms with E-state index in [9.17, 15) is 4.79 Å². The summed E-state index contributed by atoms with van der Waals surface area (Å²) < 4.78 is 0. The number of nitrogens with zero attached hydrogens (tertiary/aromatic N) is 1. The highest BCUT2D eigenvalue weighted by molar-refractivity contribution is 5.93. The second kappa shape index (κ2) is 8.37. The number of carbonyl (C=O) groups excluding carboxylic acids is 1. The number of nitrogens with one attached hydrogen (secondary N) is 1. The number of hydrogen-bond donors (Lipinski definition) is 2. The van der Waals surface area contributed by atoms with Gasteiger partial charge in [-0.15, -0.1) is 12.4 Å². The zero-order valence-electron chi connectivity index (χ0n) is 12.9. The van der Waals surface area contributed by atoms with Crippen LogP contribution in [0.2, 0.25) is 0 Å². The Morgan fingerprint density at radius 1 is 1.38 bits per heavy atom.